The van der Waals surface area contributed by atoms with E-state index in [1.165, 1.54) is 11.3 Å². The molecule has 1 aliphatic rings. The summed E-state index contributed by atoms with van der Waals surface area (Å²) in [5.74, 6) is 1.05. The Hall–Kier alpha value is 0.0500. The Morgan fingerprint density at radius 1 is 1.67 bits per heavy atom. The first-order valence-electron chi connectivity index (χ1n) is 4.84. The van der Waals surface area contributed by atoms with Crippen LogP contribution < -0.4 is 5.32 Å². The van der Waals surface area contributed by atoms with Crippen LogP contribution in [0.15, 0.2) is 4.34 Å². The normalized spacial score (nSPS) is 21.7. The summed E-state index contributed by atoms with van der Waals surface area (Å²) in [5.41, 5.74) is 0. The Morgan fingerprint density at radius 3 is 3.27 bits per heavy atom. The van der Waals surface area contributed by atoms with Gasteiger partial charge in [0.1, 0.15) is 0 Å². The maximum Gasteiger partial charge on any atom is 0.177 e. The smallest absolute Gasteiger partial charge is 0.177 e. The third-order valence-electron chi connectivity index (χ3n) is 2.11. The minimum Gasteiger partial charge on any atom is -0.379 e. The average molecular weight is 263 g/mol. The fourth-order valence-electron chi connectivity index (χ4n) is 1.37. The molecule has 2 N–H and O–H groups in total. The molecule has 2 rings (SSSR count). The molecule has 0 bridgehead atoms. The molecule has 0 radical (unpaired) electrons. The lowest BCUT2D eigenvalue weighted by Gasteiger charge is -2.23. The van der Waals surface area contributed by atoms with Crippen LogP contribution in [0.25, 0.3) is 0 Å². The predicted molar refractivity (Wildman–Crippen MR) is 65.2 cm³/mol. The van der Waals surface area contributed by atoms with Gasteiger partial charge < -0.3 is 10.1 Å². The van der Waals surface area contributed by atoms with Crippen LogP contribution >= 0.6 is 35.3 Å². The number of rotatable bonds is 4. The van der Waals surface area contributed by atoms with Crippen LogP contribution in [0.4, 0.5) is 0 Å². The van der Waals surface area contributed by atoms with E-state index in [9.17, 15) is 0 Å². The first kappa shape index (κ1) is 11.5. The Balaban J connectivity index is 1.68. The Bertz CT molecular complexity index is 345. The van der Waals surface area contributed by atoms with E-state index in [4.69, 9.17) is 17.0 Å². The number of nitrogens with zero attached hydrogens (tertiary/aromatic N) is 1. The number of H-pyrrole nitrogens is 1. The van der Waals surface area contributed by atoms with Gasteiger partial charge in [-0.1, -0.05) is 23.1 Å². The molecular weight excluding hydrogens is 250 g/mol. The molecule has 2 heterocycles. The van der Waals surface area contributed by atoms with Gasteiger partial charge in [0.05, 0.1) is 13.2 Å². The maximum absolute atomic E-state index is 5.38. The molecule has 1 atom stereocenters. The van der Waals surface area contributed by atoms with Crippen LogP contribution in [-0.4, -0.2) is 41.8 Å². The van der Waals surface area contributed by atoms with Gasteiger partial charge in [-0.05, 0) is 18.6 Å². The quantitative estimate of drug-likeness (QED) is 0.639. The number of aromatic amines is 1. The van der Waals surface area contributed by atoms with Gasteiger partial charge in [-0.3, -0.25) is 5.10 Å². The minimum atomic E-state index is 0.498. The van der Waals surface area contributed by atoms with Gasteiger partial charge in [0.15, 0.2) is 8.29 Å². The summed E-state index contributed by atoms with van der Waals surface area (Å²) in [6, 6.07) is 0.498. The SMILES string of the molecule is S=c1[nH]nc(SCCC2COCCN2)s1. The van der Waals surface area contributed by atoms with Crippen LogP contribution in [0.1, 0.15) is 6.42 Å². The lowest BCUT2D eigenvalue weighted by atomic mass is 10.2. The van der Waals surface area contributed by atoms with Crippen molar-refractivity contribution in [2.24, 2.45) is 0 Å². The number of hydrogen-bond donors (Lipinski definition) is 2. The molecular formula is C8H13N3OS3. The highest BCUT2D eigenvalue weighted by Gasteiger charge is 2.12. The standard InChI is InChI=1S/C8H13N3OS3/c13-7-10-11-8(15-7)14-4-1-6-5-12-3-2-9-6/h6,9H,1-5H2,(H,10,13). The fraction of sp³-hybridized carbons (Fsp3) is 0.750. The van der Waals surface area contributed by atoms with Crippen LogP contribution in [-0.2, 0) is 4.74 Å². The second-order valence-corrected chi connectivity index (χ2v) is 6.25. The zero-order valence-corrected chi connectivity index (χ0v) is 10.6. The molecule has 0 spiro atoms. The van der Waals surface area contributed by atoms with Crippen molar-refractivity contribution in [1.29, 1.82) is 0 Å². The highest BCUT2D eigenvalue weighted by molar-refractivity contribution is 8.01. The van der Waals surface area contributed by atoms with E-state index in [1.54, 1.807) is 11.8 Å². The van der Waals surface area contributed by atoms with Crippen molar-refractivity contribution in [2.45, 2.75) is 16.8 Å². The number of thioether (sulfide) groups is 1. The molecule has 0 aromatic carbocycles. The van der Waals surface area contributed by atoms with Gasteiger partial charge in [-0.2, -0.15) is 5.10 Å². The zero-order chi connectivity index (χ0) is 10.5. The van der Waals surface area contributed by atoms with Crippen molar-refractivity contribution < 1.29 is 4.74 Å². The molecule has 4 nitrogen and oxygen atoms in total. The van der Waals surface area contributed by atoms with Crippen molar-refractivity contribution in [1.82, 2.24) is 15.5 Å². The predicted octanol–water partition coefficient (Wildman–Crippen LogP) is 1.67. The first-order valence-corrected chi connectivity index (χ1v) is 7.05. The van der Waals surface area contributed by atoms with E-state index in [0.717, 1.165) is 40.2 Å². The summed E-state index contributed by atoms with van der Waals surface area (Å²) < 4.78 is 7.15. The monoisotopic (exact) mass is 263 g/mol. The van der Waals surface area contributed by atoms with Crippen LogP contribution in [0.3, 0.4) is 0 Å². The number of ether oxygens (including phenoxy) is 1. The van der Waals surface area contributed by atoms with Gasteiger partial charge in [0.25, 0.3) is 0 Å². The van der Waals surface area contributed by atoms with Crippen molar-refractivity contribution >= 4 is 35.3 Å². The molecule has 0 aliphatic carbocycles. The largest absolute Gasteiger partial charge is 0.379 e. The lowest BCUT2D eigenvalue weighted by Crippen LogP contribution is -2.41. The van der Waals surface area contributed by atoms with Gasteiger partial charge in [0.2, 0.25) is 0 Å². The number of morpholine rings is 1. The third-order valence-corrected chi connectivity index (χ3v) is 4.37. The molecule has 1 unspecified atom stereocenters. The van der Waals surface area contributed by atoms with Gasteiger partial charge in [-0.15, -0.1) is 0 Å². The molecule has 1 fully saturated rings. The highest BCUT2D eigenvalue weighted by Crippen LogP contribution is 2.21. The van der Waals surface area contributed by atoms with E-state index in [0.29, 0.717) is 6.04 Å². The van der Waals surface area contributed by atoms with Crippen molar-refractivity contribution in [3.8, 4) is 0 Å². The minimum absolute atomic E-state index is 0.498. The lowest BCUT2D eigenvalue weighted by molar-refractivity contribution is 0.0761. The molecule has 0 amide bonds. The zero-order valence-electron chi connectivity index (χ0n) is 8.19. The van der Waals surface area contributed by atoms with Gasteiger partial charge in [-0.25, -0.2) is 0 Å². The Morgan fingerprint density at radius 2 is 2.60 bits per heavy atom. The summed E-state index contributed by atoms with van der Waals surface area (Å²) in [4.78, 5) is 0. The molecule has 1 aromatic rings. The molecule has 15 heavy (non-hydrogen) atoms. The molecule has 1 aliphatic heterocycles. The van der Waals surface area contributed by atoms with Gasteiger partial charge in [0, 0.05) is 18.3 Å². The summed E-state index contributed by atoms with van der Waals surface area (Å²) in [6.45, 7) is 2.64. The van der Waals surface area contributed by atoms with Crippen LogP contribution in [0.5, 0.6) is 0 Å². The van der Waals surface area contributed by atoms with Gasteiger partial charge >= 0.3 is 0 Å². The topological polar surface area (TPSA) is 49.9 Å². The molecule has 7 heteroatoms. The second kappa shape index (κ2) is 5.95. The van der Waals surface area contributed by atoms with E-state index < -0.39 is 0 Å². The van der Waals surface area contributed by atoms with Crippen molar-refractivity contribution in [3.05, 3.63) is 3.95 Å². The number of aromatic nitrogens is 2. The Labute approximate surface area is 102 Å². The van der Waals surface area contributed by atoms with Crippen LogP contribution in [0, 0.1) is 3.95 Å². The molecule has 84 valence electrons. The second-order valence-electron chi connectivity index (χ2n) is 3.24. The third kappa shape index (κ3) is 3.84. The highest BCUT2D eigenvalue weighted by atomic mass is 32.2. The van der Waals surface area contributed by atoms with Crippen LogP contribution in [0.2, 0.25) is 0 Å². The first-order chi connectivity index (χ1) is 7.34. The van der Waals surface area contributed by atoms with Crippen molar-refractivity contribution in [2.75, 3.05) is 25.5 Å². The summed E-state index contributed by atoms with van der Waals surface area (Å²) in [5, 5.41) is 10.3. The fourth-order valence-corrected chi connectivity index (χ4v) is 3.58. The number of hydrogen-bond acceptors (Lipinski definition) is 6. The van der Waals surface area contributed by atoms with E-state index in [1.807, 2.05) is 0 Å². The van der Waals surface area contributed by atoms with Crippen molar-refractivity contribution in [3.63, 3.8) is 0 Å². The summed E-state index contributed by atoms with van der Waals surface area (Å²) in [7, 11) is 0. The average Bonchev–Trinajstić information content (AvgIpc) is 2.66. The molecule has 0 saturated carbocycles. The summed E-state index contributed by atoms with van der Waals surface area (Å²) >= 11 is 8.25. The van der Waals surface area contributed by atoms with E-state index >= 15 is 0 Å². The molecule has 1 aromatic heterocycles. The van der Waals surface area contributed by atoms with E-state index in [2.05, 4.69) is 15.5 Å². The number of nitrogens with one attached hydrogen (secondary N) is 2. The summed E-state index contributed by atoms with van der Waals surface area (Å²) in [6.07, 6.45) is 1.11. The Kier molecular flexibility index (Phi) is 4.58. The van der Waals surface area contributed by atoms with E-state index in [-0.39, 0.29) is 0 Å². The molecule has 1 saturated heterocycles. The maximum atomic E-state index is 5.38.